The molecule has 60 valence electrons. The molecule has 0 fully saturated rings. The van der Waals surface area contributed by atoms with E-state index in [1.807, 2.05) is 20.8 Å². The van der Waals surface area contributed by atoms with Gasteiger partial charge in [0.2, 0.25) is 0 Å². The summed E-state index contributed by atoms with van der Waals surface area (Å²) >= 11 is 0. The van der Waals surface area contributed by atoms with Gasteiger partial charge in [-0.1, -0.05) is 0 Å². The van der Waals surface area contributed by atoms with E-state index in [-0.39, 0.29) is 11.4 Å². The molecule has 1 atom stereocenters. The molecule has 0 saturated heterocycles. The van der Waals surface area contributed by atoms with Crippen LogP contribution in [0.15, 0.2) is 0 Å². The smallest absolute Gasteiger partial charge is 0.173 e. The van der Waals surface area contributed by atoms with Crippen LogP contribution in [0.25, 0.3) is 0 Å². The number of ether oxygens (including phenoxy) is 1. The van der Waals surface area contributed by atoms with Gasteiger partial charge in [-0.2, -0.15) is 0 Å². The molecule has 0 heterocycles. The highest BCUT2D eigenvalue weighted by atomic mass is 16.5. The third-order valence-electron chi connectivity index (χ3n) is 0.881. The van der Waals surface area contributed by atoms with Gasteiger partial charge >= 0.3 is 0 Å². The van der Waals surface area contributed by atoms with E-state index in [1.165, 1.54) is 6.92 Å². The van der Waals surface area contributed by atoms with Crippen molar-refractivity contribution in [3.05, 3.63) is 0 Å². The molecule has 0 unspecified atom stereocenters. The summed E-state index contributed by atoms with van der Waals surface area (Å²) < 4.78 is 5.13. The van der Waals surface area contributed by atoms with Crippen molar-refractivity contribution in [2.75, 3.05) is 0 Å². The molecule has 0 saturated carbocycles. The second kappa shape index (κ2) is 3.12. The Labute approximate surface area is 61.5 Å². The number of rotatable bonds is 2. The van der Waals surface area contributed by atoms with E-state index in [2.05, 4.69) is 0 Å². The van der Waals surface area contributed by atoms with Gasteiger partial charge in [0, 0.05) is 0 Å². The lowest BCUT2D eigenvalue weighted by Gasteiger charge is -2.22. The first-order valence-electron chi connectivity index (χ1n) is 3.27. The molecular weight excluding hydrogens is 130 g/mol. The average molecular weight is 145 g/mol. The van der Waals surface area contributed by atoms with E-state index in [0.717, 1.165) is 0 Å². The molecule has 0 aliphatic rings. The van der Waals surface area contributed by atoms with Crippen molar-refractivity contribution in [3.8, 4) is 0 Å². The van der Waals surface area contributed by atoms with Crippen molar-refractivity contribution in [3.63, 3.8) is 0 Å². The Bertz CT molecular complexity index is 126. The van der Waals surface area contributed by atoms with E-state index in [0.29, 0.717) is 0 Å². The summed E-state index contributed by atoms with van der Waals surface area (Å²) in [6, 6.07) is 0. The van der Waals surface area contributed by atoms with Crippen molar-refractivity contribution >= 4 is 5.78 Å². The first-order chi connectivity index (χ1) is 4.33. The third-order valence-corrected chi connectivity index (χ3v) is 0.881. The third kappa shape index (κ3) is 4.47. The molecule has 0 amide bonds. The van der Waals surface area contributed by atoms with Crippen LogP contribution in [-0.2, 0) is 9.53 Å². The van der Waals surface area contributed by atoms with E-state index in [4.69, 9.17) is 10.5 Å². The molecule has 0 aromatic rings. The number of ketones is 1. The molecule has 0 rings (SSSR count). The van der Waals surface area contributed by atoms with Crippen LogP contribution in [0.2, 0.25) is 0 Å². The average Bonchev–Trinajstić information content (AvgIpc) is 1.60. The lowest BCUT2D eigenvalue weighted by atomic mass is 10.2. The molecule has 10 heavy (non-hydrogen) atoms. The standard InChI is InChI=1S/C7H15NO2/c1-5(9)6(8)10-7(2,3)4/h6H,8H2,1-4H3/t6-/m1/s1. The molecule has 0 aromatic heterocycles. The molecule has 2 N–H and O–H groups in total. The number of hydrogen-bond donors (Lipinski definition) is 1. The van der Waals surface area contributed by atoms with Crippen molar-refractivity contribution in [2.24, 2.45) is 5.73 Å². The largest absolute Gasteiger partial charge is 0.351 e. The predicted molar refractivity (Wildman–Crippen MR) is 39.5 cm³/mol. The zero-order valence-corrected chi connectivity index (χ0v) is 6.97. The fourth-order valence-electron chi connectivity index (χ4n) is 0.464. The normalized spacial score (nSPS) is 14.9. The topological polar surface area (TPSA) is 52.3 Å². The number of carbonyl (C=O) groups is 1. The number of nitrogens with two attached hydrogens (primary N) is 1. The van der Waals surface area contributed by atoms with Gasteiger partial charge < -0.3 is 4.74 Å². The van der Waals surface area contributed by atoms with E-state index in [1.54, 1.807) is 0 Å². The Hall–Kier alpha value is -0.410. The van der Waals surface area contributed by atoms with Gasteiger partial charge in [0.25, 0.3) is 0 Å². The van der Waals surface area contributed by atoms with Crippen molar-refractivity contribution in [2.45, 2.75) is 39.5 Å². The first kappa shape index (κ1) is 9.59. The van der Waals surface area contributed by atoms with Crippen LogP contribution < -0.4 is 5.73 Å². The lowest BCUT2D eigenvalue weighted by molar-refractivity contribution is -0.137. The van der Waals surface area contributed by atoms with Crippen LogP contribution in [0.5, 0.6) is 0 Å². The minimum atomic E-state index is -0.778. The predicted octanol–water partition coefficient (Wildman–Crippen LogP) is 0.675. The van der Waals surface area contributed by atoms with Gasteiger partial charge in [-0.05, 0) is 27.7 Å². The Morgan fingerprint density at radius 3 is 2.00 bits per heavy atom. The zero-order chi connectivity index (χ0) is 8.36. The number of hydrogen-bond acceptors (Lipinski definition) is 3. The maximum absolute atomic E-state index is 10.6. The molecule has 0 radical (unpaired) electrons. The van der Waals surface area contributed by atoms with E-state index in [9.17, 15) is 4.79 Å². The Kier molecular flexibility index (Phi) is 2.99. The molecule has 3 heteroatoms. The van der Waals surface area contributed by atoms with E-state index < -0.39 is 6.23 Å². The maximum atomic E-state index is 10.6. The number of carbonyl (C=O) groups excluding carboxylic acids is 1. The first-order valence-corrected chi connectivity index (χ1v) is 3.27. The second-order valence-corrected chi connectivity index (χ2v) is 3.26. The summed E-state index contributed by atoms with van der Waals surface area (Å²) in [5, 5.41) is 0. The summed E-state index contributed by atoms with van der Waals surface area (Å²) in [6.45, 7) is 6.98. The number of Topliss-reactive ketones (excluding diaryl/α,β-unsaturated/α-hetero) is 1. The van der Waals surface area contributed by atoms with Gasteiger partial charge in [-0.15, -0.1) is 0 Å². The molecular formula is C7H15NO2. The van der Waals surface area contributed by atoms with Crippen LogP contribution in [0.3, 0.4) is 0 Å². The van der Waals surface area contributed by atoms with Gasteiger partial charge in [-0.3, -0.25) is 10.5 Å². The second-order valence-electron chi connectivity index (χ2n) is 3.26. The zero-order valence-electron chi connectivity index (χ0n) is 6.97. The van der Waals surface area contributed by atoms with Crippen LogP contribution in [-0.4, -0.2) is 17.6 Å². The Balaban J connectivity index is 3.80. The molecule has 0 aliphatic carbocycles. The van der Waals surface area contributed by atoms with Crippen molar-refractivity contribution < 1.29 is 9.53 Å². The van der Waals surface area contributed by atoms with Crippen LogP contribution in [0.1, 0.15) is 27.7 Å². The monoisotopic (exact) mass is 145 g/mol. The Morgan fingerprint density at radius 2 is 1.90 bits per heavy atom. The fraction of sp³-hybridized carbons (Fsp3) is 0.857. The summed E-state index contributed by atoms with van der Waals surface area (Å²) in [4.78, 5) is 10.6. The summed E-state index contributed by atoms with van der Waals surface area (Å²) in [5.74, 6) is -0.144. The molecule has 0 aromatic carbocycles. The molecule has 0 bridgehead atoms. The van der Waals surface area contributed by atoms with Gasteiger partial charge in [0.05, 0.1) is 5.60 Å². The summed E-state index contributed by atoms with van der Waals surface area (Å²) in [5.41, 5.74) is 4.99. The Morgan fingerprint density at radius 1 is 1.50 bits per heavy atom. The fourth-order valence-corrected chi connectivity index (χ4v) is 0.464. The van der Waals surface area contributed by atoms with Crippen molar-refractivity contribution in [1.29, 1.82) is 0 Å². The lowest BCUT2D eigenvalue weighted by Crippen LogP contribution is -2.38. The van der Waals surface area contributed by atoms with Gasteiger partial charge in [-0.25, -0.2) is 0 Å². The van der Waals surface area contributed by atoms with Crippen LogP contribution in [0.4, 0.5) is 0 Å². The van der Waals surface area contributed by atoms with Crippen LogP contribution >= 0.6 is 0 Å². The van der Waals surface area contributed by atoms with Gasteiger partial charge in [0.15, 0.2) is 12.0 Å². The molecule has 0 aliphatic heterocycles. The molecule has 3 nitrogen and oxygen atoms in total. The molecule has 0 spiro atoms. The van der Waals surface area contributed by atoms with Crippen LogP contribution in [0, 0.1) is 0 Å². The quantitative estimate of drug-likeness (QED) is 0.581. The van der Waals surface area contributed by atoms with Crippen molar-refractivity contribution in [1.82, 2.24) is 0 Å². The highest BCUT2D eigenvalue weighted by molar-refractivity contribution is 5.79. The SMILES string of the molecule is CC(=O)[C@H](N)OC(C)(C)C. The highest BCUT2D eigenvalue weighted by Gasteiger charge is 2.17. The minimum Gasteiger partial charge on any atom is -0.351 e. The summed E-state index contributed by atoms with van der Waals surface area (Å²) in [6.07, 6.45) is -0.778. The van der Waals surface area contributed by atoms with Gasteiger partial charge in [0.1, 0.15) is 0 Å². The summed E-state index contributed by atoms with van der Waals surface area (Å²) in [7, 11) is 0. The van der Waals surface area contributed by atoms with E-state index >= 15 is 0 Å². The highest BCUT2D eigenvalue weighted by Crippen LogP contribution is 2.08. The maximum Gasteiger partial charge on any atom is 0.173 e. The minimum absolute atomic E-state index is 0.144.